The number of aromatic nitrogens is 2. The van der Waals surface area contributed by atoms with E-state index < -0.39 is 0 Å². The van der Waals surface area contributed by atoms with E-state index in [1.54, 1.807) is 6.33 Å². The van der Waals surface area contributed by atoms with Crippen LogP contribution in [0.5, 0.6) is 0 Å². The van der Waals surface area contributed by atoms with Crippen LogP contribution in [-0.2, 0) is 0 Å². The minimum Gasteiger partial charge on any atom is -0.366 e. The molecule has 1 heterocycles. The highest BCUT2D eigenvalue weighted by Crippen LogP contribution is 2.20. The molecule has 0 saturated heterocycles. The van der Waals surface area contributed by atoms with Crippen molar-refractivity contribution in [2.75, 3.05) is 17.3 Å². The van der Waals surface area contributed by atoms with Crippen LogP contribution in [0.4, 0.5) is 5.82 Å². The smallest absolute Gasteiger partial charge is 0.137 e. The average molecular weight is 247 g/mol. The first-order valence-electron chi connectivity index (χ1n) is 5.80. The number of nitrogens with zero attached hydrogens (tertiary/aromatic N) is 2. The van der Waals surface area contributed by atoms with Gasteiger partial charge < -0.3 is 5.32 Å². The fraction of sp³-hybridized carbons (Fsp3) is 0.385. The van der Waals surface area contributed by atoms with Gasteiger partial charge >= 0.3 is 0 Å². The van der Waals surface area contributed by atoms with Gasteiger partial charge in [-0.25, -0.2) is 9.97 Å². The Morgan fingerprint density at radius 2 is 2.12 bits per heavy atom. The fourth-order valence-electron chi connectivity index (χ4n) is 1.78. The van der Waals surface area contributed by atoms with E-state index in [0.717, 1.165) is 28.9 Å². The molecule has 0 amide bonds. The monoisotopic (exact) mass is 247 g/mol. The van der Waals surface area contributed by atoms with Gasteiger partial charge in [0.15, 0.2) is 0 Å². The summed E-state index contributed by atoms with van der Waals surface area (Å²) in [6.45, 7) is 2.19. The molecule has 0 spiro atoms. The van der Waals surface area contributed by atoms with Crippen molar-refractivity contribution in [3.63, 3.8) is 0 Å². The molecule has 1 aromatic carbocycles. The summed E-state index contributed by atoms with van der Waals surface area (Å²) in [6, 6.07) is 8.55. The number of para-hydroxylation sites is 1. The van der Waals surface area contributed by atoms with Crippen molar-refractivity contribution >= 4 is 28.5 Å². The van der Waals surface area contributed by atoms with Crippen LogP contribution in [0.2, 0.25) is 0 Å². The molecule has 1 atom stereocenters. The molecule has 1 N–H and O–H groups in total. The first-order chi connectivity index (χ1) is 8.35. The highest BCUT2D eigenvalue weighted by Gasteiger charge is 2.08. The molecule has 4 heteroatoms. The predicted octanol–water partition coefficient (Wildman–Crippen LogP) is 3.18. The molecular formula is C13H17N3S. The summed E-state index contributed by atoms with van der Waals surface area (Å²) in [5.41, 5.74) is 0.990. The third-order valence-corrected chi connectivity index (χ3v) is 3.48. The van der Waals surface area contributed by atoms with Crippen LogP contribution in [0.25, 0.3) is 10.9 Å². The molecular weight excluding hydrogens is 230 g/mol. The summed E-state index contributed by atoms with van der Waals surface area (Å²) in [4.78, 5) is 8.61. The standard InChI is InChI=1S/C13H17N3S/c1-3-10(8-17-2)16-13-11-6-4-5-7-12(11)14-9-15-13/h4-7,9-10H,3,8H2,1-2H3,(H,14,15,16). The van der Waals surface area contributed by atoms with Gasteiger partial charge in [0, 0.05) is 17.2 Å². The zero-order valence-electron chi connectivity index (χ0n) is 10.2. The number of anilines is 1. The average Bonchev–Trinajstić information content (AvgIpc) is 2.38. The van der Waals surface area contributed by atoms with Gasteiger partial charge in [-0.05, 0) is 24.8 Å². The van der Waals surface area contributed by atoms with Crippen molar-refractivity contribution in [2.24, 2.45) is 0 Å². The summed E-state index contributed by atoms with van der Waals surface area (Å²) in [5.74, 6) is 2.03. The Balaban J connectivity index is 2.28. The molecule has 1 unspecified atom stereocenters. The maximum Gasteiger partial charge on any atom is 0.137 e. The summed E-state index contributed by atoms with van der Waals surface area (Å²) >= 11 is 1.85. The van der Waals surface area contributed by atoms with Crippen molar-refractivity contribution in [3.8, 4) is 0 Å². The van der Waals surface area contributed by atoms with E-state index in [4.69, 9.17) is 0 Å². The lowest BCUT2D eigenvalue weighted by atomic mass is 10.2. The van der Waals surface area contributed by atoms with E-state index in [0.29, 0.717) is 6.04 Å². The fourth-order valence-corrected chi connectivity index (χ4v) is 2.50. The quantitative estimate of drug-likeness (QED) is 0.880. The molecule has 2 rings (SSSR count). The topological polar surface area (TPSA) is 37.8 Å². The van der Waals surface area contributed by atoms with Crippen molar-refractivity contribution in [1.29, 1.82) is 0 Å². The minimum absolute atomic E-state index is 0.461. The number of hydrogen-bond acceptors (Lipinski definition) is 4. The Bertz CT molecular complexity index is 482. The molecule has 0 bridgehead atoms. The molecule has 0 aliphatic carbocycles. The number of rotatable bonds is 5. The van der Waals surface area contributed by atoms with Crippen molar-refractivity contribution in [1.82, 2.24) is 9.97 Å². The highest BCUT2D eigenvalue weighted by molar-refractivity contribution is 7.98. The summed E-state index contributed by atoms with van der Waals surface area (Å²) < 4.78 is 0. The first kappa shape index (κ1) is 12.2. The van der Waals surface area contributed by atoms with Crippen molar-refractivity contribution in [3.05, 3.63) is 30.6 Å². The van der Waals surface area contributed by atoms with Crippen molar-refractivity contribution in [2.45, 2.75) is 19.4 Å². The second-order valence-electron chi connectivity index (χ2n) is 3.94. The van der Waals surface area contributed by atoms with Gasteiger partial charge in [-0.3, -0.25) is 0 Å². The number of fused-ring (bicyclic) bond motifs is 1. The Morgan fingerprint density at radius 3 is 2.88 bits per heavy atom. The zero-order chi connectivity index (χ0) is 12.1. The highest BCUT2D eigenvalue weighted by atomic mass is 32.2. The number of thioether (sulfide) groups is 1. The largest absolute Gasteiger partial charge is 0.366 e. The molecule has 90 valence electrons. The lowest BCUT2D eigenvalue weighted by Crippen LogP contribution is -2.21. The zero-order valence-corrected chi connectivity index (χ0v) is 11.0. The number of hydrogen-bond donors (Lipinski definition) is 1. The second kappa shape index (κ2) is 5.87. The number of nitrogens with one attached hydrogen (secondary N) is 1. The third-order valence-electron chi connectivity index (χ3n) is 2.74. The second-order valence-corrected chi connectivity index (χ2v) is 4.85. The van der Waals surface area contributed by atoms with Crippen LogP contribution in [0.1, 0.15) is 13.3 Å². The normalized spacial score (nSPS) is 12.6. The molecule has 17 heavy (non-hydrogen) atoms. The van der Waals surface area contributed by atoms with Crippen LogP contribution in [0.3, 0.4) is 0 Å². The van der Waals surface area contributed by atoms with Gasteiger partial charge in [-0.1, -0.05) is 19.1 Å². The van der Waals surface area contributed by atoms with Gasteiger partial charge in [0.1, 0.15) is 12.1 Å². The summed E-state index contributed by atoms with van der Waals surface area (Å²) in [5, 5.41) is 4.59. The lowest BCUT2D eigenvalue weighted by Gasteiger charge is -2.17. The van der Waals surface area contributed by atoms with Crippen LogP contribution >= 0.6 is 11.8 Å². The first-order valence-corrected chi connectivity index (χ1v) is 7.19. The molecule has 0 radical (unpaired) electrons. The predicted molar refractivity (Wildman–Crippen MR) is 75.6 cm³/mol. The van der Waals surface area contributed by atoms with Crippen LogP contribution in [0.15, 0.2) is 30.6 Å². The summed E-state index contributed by atoms with van der Waals surface area (Å²) in [7, 11) is 0. The van der Waals surface area contributed by atoms with E-state index in [1.165, 1.54) is 0 Å². The van der Waals surface area contributed by atoms with E-state index in [1.807, 2.05) is 30.0 Å². The van der Waals surface area contributed by atoms with Gasteiger partial charge in [0.25, 0.3) is 0 Å². The Morgan fingerprint density at radius 1 is 1.29 bits per heavy atom. The Hall–Kier alpha value is -1.29. The Kier molecular flexibility index (Phi) is 4.20. The molecule has 2 aromatic rings. The van der Waals surface area contributed by atoms with E-state index >= 15 is 0 Å². The van der Waals surface area contributed by atoms with E-state index in [-0.39, 0.29) is 0 Å². The van der Waals surface area contributed by atoms with Gasteiger partial charge in [0.05, 0.1) is 5.52 Å². The van der Waals surface area contributed by atoms with Crippen LogP contribution in [-0.4, -0.2) is 28.0 Å². The SMILES string of the molecule is CCC(CSC)Nc1ncnc2ccccc12. The lowest BCUT2D eigenvalue weighted by molar-refractivity contribution is 0.771. The minimum atomic E-state index is 0.461. The van der Waals surface area contributed by atoms with E-state index in [9.17, 15) is 0 Å². The third kappa shape index (κ3) is 2.88. The Labute approximate surface area is 106 Å². The number of benzene rings is 1. The summed E-state index contributed by atoms with van der Waals surface area (Å²) in [6.07, 6.45) is 4.85. The molecule has 0 aliphatic rings. The van der Waals surface area contributed by atoms with E-state index in [2.05, 4.69) is 34.5 Å². The van der Waals surface area contributed by atoms with Crippen LogP contribution in [0, 0.1) is 0 Å². The maximum atomic E-state index is 4.35. The molecule has 3 nitrogen and oxygen atoms in total. The molecule has 0 saturated carbocycles. The van der Waals surface area contributed by atoms with Gasteiger partial charge in [-0.2, -0.15) is 11.8 Å². The molecule has 0 fully saturated rings. The van der Waals surface area contributed by atoms with Crippen LogP contribution < -0.4 is 5.32 Å². The molecule has 0 aliphatic heterocycles. The molecule has 1 aromatic heterocycles. The van der Waals surface area contributed by atoms with Gasteiger partial charge in [-0.15, -0.1) is 0 Å². The van der Waals surface area contributed by atoms with Gasteiger partial charge in [0.2, 0.25) is 0 Å². The van der Waals surface area contributed by atoms with Crippen molar-refractivity contribution < 1.29 is 0 Å². The maximum absolute atomic E-state index is 4.35.